The fourth-order valence-electron chi connectivity index (χ4n) is 3.73. The van der Waals surface area contributed by atoms with Crippen LogP contribution in [0.2, 0.25) is 0 Å². The zero-order valence-corrected chi connectivity index (χ0v) is 19.7. The number of hydrogen-bond acceptors (Lipinski definition) is 7. The summed E-state index contributed by atoms with van der Waals surface area (Å²) in [7, 11) is 0. The average molecular weight is 508 g/mol. The predicted molar refractivity (Wildman–Crippen MR) is 125 cm³/mol. The van der Waals surface area contributed by atoms with E-state index in [9.17, 15) is 18.0 Å². The minimum absolute atomic E-state index is 0.141. The normalized spacial score (nSPS) is 16.2. The number of benzene rings is 1. The van der Waals surface area contributed by atoms with Crippen LogP contribution < -0.4 is 14.9 Å². The molecule has 194 valence electrons. The molecule has 1 unspecified atom stereocenters. The summed E-state index contributed by atoms with van der Waals surface area (Å²) in [4.78, 5) is 16.4. The van der Waals surface area contributed by atoms with Gasteiger partial charge in [0.05, 0.1) is 24.3 Å². The summed E-state index contributed by atoms with van der Waals surface area (Å²) in [5.74, 6) is 0.827. The Bertz CT molecular complexity index is 1190. The topological polar surface area (TPSA) is 80.0 Å². The second kappa shape index (κ2) is 12.2. The molecule has 1 atom stereocenters. The molecule has 7 nitrogen and oxygen atoms in total. The lowest BCUT2D eigenvalue weighted by Gasteiger charge is -2.22. The van der Waals surface area contributed by atoms with Crippen molar-refractivity contribution < 1.29 is 36.5 Å². The van der Waals surface area contributed by atoms with E-state index in [1.54, 1.807) is 12.1 Å². The summed E-state index contributed by atoms with van der Waals surface area (Å²) in [6.07, 6.45) is 1.68. The first-order valence-corrected chi connectivity index (χ1v) is 12.0. The molecule has 36 heavy (non-hydrogen) atoms. The monoisotopic (exact) mass is 507 g/mol. The van der Waals surface area contributed by atoms with E-state index in [0.717, 1.165) is 37.8 Å². The third kappa shape index (κ3) is 7.44. The van der Waals surface area contributed by atoms with Crippen LogP contribution in [-0.4, -0.2) is 31.1 Å². The van der Waals surface area contributed by atoms with Gasteiger partial charge in [-0.25, -0.2) is 4.98 Å². The molecular formula is C26H28F3NO6. The molecule has 4 rings (SSSR count). The lowest BCUT2D eigenvalue weighted by molar-refractivity contribution is -0.171. The third-order valence-corrected chi connectivity index (χ3v) is 5.69. The lowest BCUT2D eigenvalue weighted by atomic mass is 10.1. The predicted octanol–water partition coefficient (Wildman–Crippen LogP) is 5.88. The fraction of sp³-hybridized carbons (Fsp3) is 0.462. The summed E-state index contributed by atoms with van der Waals surface area (Å²) in [6.45, 7) is 1.54. The van der Waals surface area contributed by atoms with Gasteiger partial charge in [0.15, 0.2) is 6.29 Å². The van der Waals surface area contributed by atoms with E-state index >= 15 is 0 Å². The van der Waals surface area contributed by atoms with Crippen molar-refractivity contribution in [1.82, 2.24) is 4.98 Å². The van der Waals surface area contributed by atoms with Gasteiger partial charge < -0.3 is 23.4 Å². The first kappa shape index (κ1) is 26.0. The van der Waals surface area contributed by atoms with Gasteiger partial charge in [-0.1, -0.05) is 6.07 Å². The van der Waals surface area contributed by atoms with E-state index < -0.39 is 11.7 Å². The van der Waals surface area contributed by atoms with Crippen molar-refractivity contribution in [2.75, 3.05) is 19.8 Å². The smallest absolute Gasteiger partial charge is 0.416 e. The molecule has 0 amide bonds. The third-order valence-electron chi connectivity index (χ3n) is 5.69. The first-order valence-electron chi connectivity index (χ1n) is 12.0. The lowest BCUT2D eigenvalue weighted by Crippen LogP contribution is -2.22. The number of nitrogens with zero attached hydrogens (tertiary/aromatic N) is 1. The zero-order valence-electron chi connectivity index (χ0n) is 19.7. The molecule has 3 aromatic rings. The maximum atomic E-state index is 12.9. The summed E-state index contributed by atoms with van der Waals surface area (Å²) in [6, 6.07) is 8.12. The molecular weight excluding hydrogens is 479 g/mol. The van der Waals surface area contributed by atoms with Crippen LogP contribution in [0.1, 0.15) is 49.8 Å². The Morgan fingerprint density at radius 2 is 1.81 bits per heavy atom. The van der Waals surface area contributed by atoms with Crippen LogP contribution >= 0.6 is 0 Å². The average Bonchev–Trinajstić information content (AvgIpc) is 2.87. The van der Waals surface area contributed by atoms with Gasteiger partial charge >= 0.3 is 6.18 Å². The minimum atomic E-state index is -4.42. The second-order valence-electron chi connectivity index (χ2n) is 8.49. The molecule has 1 aliphatic rings. The van der Waals surface area contributed by atoms with Gasteiger partial charge in [-0.05, 0) is 56.7 Å². The van der Waals surface area contributed by atoms with Gasteiger partial charge in [-0.3, -0.25) is 4.79 Å². The Hall–Kier alpha value is -3.11. The van der Waals surface area contributed by atoms with Gasteiger partial charge in [-0.15, -0.1) is 0 Å². The summed E-state index contributed by atoms with van der Waals surface area (Å²) in [5.41, 5.74) is -0.788. The number of pyridine rings is 1. The largest absolute Gasteiger partial charge is 0.487 e. The number of aromatic nitrogens is 1. The molecule has 0 spiro atoms. The highest BCUT2D eigenvalue weighted by atomic mass is 19.4. The van der Waals surface area contributed by atoms with Crippen LogP contribution in [0.5, 0.6) is 11.6 Å². The van der Waals surface area contributed by atoms with E-state index in [-0.39, 0.29) is 35.5 Å². The minimum Gasteiger partial charge on any atom is -0.487 e. The molecule has 3 heterocycles. The Balaban J connectivity index is 1.14. The molecule has 0 aliphatic carbocycles. The molecule has 0 bridgehead atoms. The molecule has 1 aromatic carbocycles. The summed E-state index contributed by atoms with van der Waals surface area (Å²) < 4.78 is 66.4. The molecule has 0 N–H and O–H groups in total. The molecule has 1 fully saturated rings. The van der Waals surface area contributed by atoms with Crippen LogP contribution in [0.15, 0.2) is 51.9 Å². The Kier molecular flexibility index (Phi) is 8.82. The van der Waals surface area contributed by atoms with Crippen molar-refractivity contribution in [2.24, 2.45) is 0 Å². The van der Waals surface area contributed by atoms with E-state index in [1.165, 1.54) is 18.4 Å². The summed E-state index contributed by atoms with van der Waals surface area (Å²) in [5, 5.41) is 0.607. The molecule has 1 aliphatic heterocycles. The number of halogens is 3. The van der Waals surface area contributed by atoms with Crippen LogP contribution in [0.3, 0.4) is 0 Å². The van der Waals surface area contributed by atoms with Crippen LogP contribution in [0, 0.1) is 0 Å². The second-order valence-corrected chi connectivity index (χ2v) is 8.49. The van der Waals surface area contributed by atoms with E-state index in [0.29, 0.717) is 43.8 Å². The van der Waals surface area contributed by atoms with Gasteiger partial charge in [0.25, 0.3) is 0 Å². The van der Waals surface area contributed by atoms with Crippen LogP contribution in [-0.2, 0) is 22.3 Å². The van der Waals surface area contributed by atoms with Gasteiger partial charge in [0.1, 0.15) is 18.6 Å². The van der Waals surface area contributed by atoms with E-state index in [4.69, 9.17) is 23.4 Å². The van der Waals surface area contributed by atoms with Crippen molar-refractivity contribution in [2.45, 2.75) is 57.6 Å². The van der Waals surface area contributed by atoms with Gasteiger partial charge in [0.2, 0.25) is 17.1 Å². The van der Waals surface area contributed by atoms with E-state index in [2.05, 4.69) is 4.98 Å². The highest BCUT2D eigenvalue weighted by Gasteiger charge is 2.30. The highest BCUT2D eigenvalue weighted by Crippen LogP contribution is 2.31. The van der Waals surface area contributed by atoms with Crippen molar-refractivity contribution >= 4 is 10.9 Å². The van der Waals surface area contributed by atoms with Crippen LogP contribution in [0.4, 0.5) is 13.2 Å². The number of hydrogen-bond donors (Lipinski definition) is 0. The SMILES string of the molecule is O=c1cc(COC2CCCCO2)occ1OCCCCCOc1ccc2ccc(C(F)(F)F)cc2n1. The first-order chi connectivity index (χ1) is 17.4. The number of ether oxygens (including phenoxy) is 4. The Morgan fingerprint density at radius 1 is 1.00 bits per heavy atom. The van der Waals surface area contributed by atoms with Crippen LogP contribution in [0.25, 0.3) is 10.9 Å². The standard InChI is InChI=1S/C26H28F3NO6/c27-26(28,29)19-9-7-18-8-10-24(30-21(18)14-19)33-12-4-1-3-11-32-23-17-35-20(15-22(23)31)16-36-25-6-2-5-13-34-25/h7-10,14-15,17,25H,1-6,11-13,16H2. The molecule has 0 radical (unpaired) electrons. The fourth-order valence-corrected chi connectivity index (χ4v) is 3.73. The maximum absolute atomic E-state index is 12.9. The molecule has 0 saturated carbocycles. The number of rotatable bonds is 11. The van der Waals surface area contributed by atoms with Gasteiger partial charge in [-0.2, -0.15) is 13.2 Å². The van der Waals surface area contributed by atoms with Crippen molar-refractivity contribution in [3.8, 4) is 11.6 Å². The molecule has 2 aromatic heterocycles. The maximum Gasteiger partial charge on any atom is 0.416 e. The quantitative estimate of drug-likeness (QED) is 0.300. The highest BCUT2D eigenvalue weighted by molar-refractivity contribution is 5.79. The van der Waals surface area contributed by atoms with E-state index in [1.807, 2.05) is 0 Å². The zero-order chi connectivity index (χ0) is 25.4. The number of fused-ring (bicyclic) bond motifs is 1. The van der Waals surface area contributed by atoms with Crippen molar-refractivity contribution in [3.05, 3.63) is 64.2 Å². The number of unbranched alkanes of at least 4 members (excludes halogenated alkanes) is 2. The van der Waals surface area contributed by atoms with Crippen molar-refractivity contribution in [3.63, 3.8) is 0 Å². The number of alkyl halides is 3. The van der Waals surface area contributed by atoms with Gasteiger partial charge in [0, 0.05) is 24.1 Å². The summed E-state index contributed by atoms with van der Waals surface area (Å²) >= 11 is 0. The van der Waals surface area contributed by atoms with Crippen molar-refractivity contribution in [1.29, 1.82) is 0 Å². The Morgan fingerprint density at radius 3 is 2.56 bits per heavy atom. The molecule has 10 heteroatoms. The Labute approximate surface area is 206 Å². The molecule has 1 saturated heterocycles.